The Morgan fingerprint density at radius 1 is 1.38 bits per heavy atom. The second-order valence-electron chi connectivity index (χ2n) is 5.43. The van der Waals surface area contributed by atoms with Crippen LogP contribution in [0.1, 0.15) is 44.0 Å². The van der Waals surface area contributed by atoms with Crippen LogP contribution in [0.2, 0.25) is 0 Å². The Morgan fingerprint density at radius 2 is 2.04 bits per heavy atom. The minimum atomic E-state index is -1.21. The molecule has 1 amide bonds. The molecule has 8 heteroatoms. The Hall–Kier alpha value is -2.64. The summed E-state index contributed by atoms with van der Waals surface area (Å²) in [5, 5.41) is 22.3. The highest BCUT2D eigenvalue weighted by atomic mass is 16.6. The highest BCUT2D eigenvalue weighted by molar-refractivity contribution is 6.00. The second kappa shape index (κ2) is 8.85. The van der Waals surface area contributed by atoms with Crippen LogP contribution in [0.15, 0.2) is 18.2 Å². The quantitative estimate of drug-likeness (QED) is 0.528. The van der Waals surface area contributed by atoms with Crippen LogP contribution in [0.25, 0.3) is 0 Å². The number of carbonyl (C=O) groups is 2. The fraction of sp³-hybridized carbons (Fsp3) is 0.500. The SMILES string of the molecule is CCCCN(CC)c1ccc([N+](=O)[O-])c(C(=O)NC(C)C(=O)O)c1. The molecule has 132 valence electrons. The van der Waals surface area contributed by atoms with E-state index in [0.29, 0.717) is 12.2 Å². The van der Waals surface area contributed by atoms with Gasteiger partial charge in [-0.05, 0) is 32.4 Å². The van der Waals surface area contributed by atoms with E-state index in [1.165, 1.54) is 19.1 Å². The standard InChI is InChI=1S/C16H23N3O5/c1-4-6-9-18(5-2)12-7-8-14(19(23)24)13(10-12)15(20)17-11(3)16(21)22/h7-8,10-11H,4-6,9H2,1-3H3,(H,17,20)(H,21,22). The van der Waals surface area contributed by atoms with E-state index >= 15 is 0 Å². The number of rotatable bonds is 9. The number of nitro benzene ring substituents is 1. The number of amides is 1. The maximum atomic E-state index is 12.3. The van der Waals surface area contributed by atoms with Crippen LogP contribution >= 0.6 is 0 Å². The summed E-state index contributed by atoms with van der Waals surface area (Å²) in [5.41, 5.74) is 0.214. The third-order valence-electron chi connectivity index (χ3n) is 3.67. The molecule has 0 aliphatic carbocycles. The van der Waals surface area contributed by atoms with Gasteiger partial charge in [-0.25, -0.2) is 0 Å². The lowest BCUT2D eigenvalue weighted by atomic mass is 10.1. The number of aliphatic carboxylic acids is 1. The van der Waals surface area contributed by atoms with Crippen molar-refractivity contribution < 1.29 is 19.6 Å². The van der Waals surface area contributed by atoms with Crippen LogP contribution in [-0.2, 0) is 4.79 Å². The molecule has 0 fully saturated rings. The lowest BCUT2D eigenvalue weighted by Crippen LogP contribution is -2.38. The first-order valence-electron chi connectivity index (χ1n) is 7.88. The number of hydrogen-bond donors (Lipinski definition) is 2. The van der Waals surface area contributed by atoms with Gasteiger partial charge in [0.2, 0.25) is 0 Å². The Labute approximate surface area is 140 Å². The molecule has 1 rings (SSSR count). The summed E-state index contributed by atoms with van der Waals surface area (Å²) in [6.45, 7) is 6.80. The van der Waals surface area contributed by atoms with Gasteiger partial charge < -0.3 is 15.3 Å². The number of carboxylic acid groups (broad SMARTS) is 1. The predicted octanol–water partition coefficient (Wildman–Crippen LogP) is 2.42. The summed E-state index contributed by atoms with van der Waals surface area (Å²) in [5.74, 6) is -1.98. The second-order valence-corrected chi connectivity index (χ2v) is 5.43. The number of carboxylic acids is 1. The monoisotopic (exact) mass is 337 g/mol. The van der Waals surface area contributed by atoms with Crippen molar-refractivity contribution in [2.45, 2.75) is 39.7 Å². The Bertz CT molecular complexity index is 618. The first-order valence-corrected chi connectivity index (χ1v) is 7.88. The lowest BCUT2D eigenvalue weighted by Gasteiger charge is -2.23. The third-order valence-corrected chi connectivity index (χ3v) is 3.67. The van der Waals surface area contributed by atoms with Gasteiger partial charge in [0, 0.05) is 24.8 Å². The van der Waals surface area contributed by atoms with Crippen LogP contribution in [0.3, 0.4) is 0 Å². The van der Waals surface area contributed by atoms with Gasteiger partial charge in [-0.2, -0.15) is 0 Å². The molecule has 8 nitrogen and oxygen atoms in total. The first-order chi connectivity index (χ1) is 11.3. The summed E-state index contributed by atoms with van der Waals surface area (Å²) in [6, 6.07) is 3.20. The molecule has 1 atom stereocenters. The van der Waals surface area contributed by atoms with E-state index in [9.17, 15) is 19.7 Å². The minimum absolute atomic E-state index is 0.138. The number of carbonyl (C=O) groups excluding carboxylic acids is 1. The Kier molecular flexibility index (Phi) is 7.16. The molecule has 0 spiro atoms. The zero-order valence-corrected chi connectivity index (χ0v) is 14.1. The summed E-state index contributed by atoms with van der Waals surface area (Å²) in [4.78, 5) is 35.7. The zero-order valence-electron chi connectivity index (χ0n) is 14.1. The number of anilines is 1. The van der Waals surface area contributed by atoms with Crippen LogP contribution in [0, 0.1) is 10.1 Å². The number of hydrogen-bond acceptors (Lipinski definition) is 5. The molecule has 2 N–H and O–H groups in total. The molecule has 24 heavy (non-hydrogen) atoms. The van der Waals surface area contributed by atoms with E-state index in [1.54, 1.807) is 6.07 Å². The third kappa shape index (κ3) is 4.94. The Morgan fingerprint density at radius 3 is 2.54 bits per heavy atom. The average Bonchev–Trinajstić information content (AvgIpc) is 2.54. The smallest absolute Gasteiger partial charge is 0.325 e. The van der Waals surface area contributed by atoms with Crippen molar-refractivity contribution in [3.63, 3.8) is 0 Å². The van der Waals surface area contributed by atoms with E-state index in [2.05, 4.69) is 12.2 Å². The Balaban J connectivity index is 3.19. The molecule has 0 aliphatic rings. The maximum absolute atomic E-state index is 12.3. The molecular formula is C16H23N3O5. The highest BCUT2D eigenvalue weighted by Crippen LogP contribution is 2.25. The molecule has 1 unspecified atom stereocenters. The molecule has 0 aliphatic heterocycles. The molecule has 0 saturated heterocycles. The van der Waals surface area contributed by atoms with Crippen molar-refractivity contribution in [1.29, 1.82) is 0 Å². The van der Waals surface area contributed by atoms with Crippen molar-refractivity contribution in [2.24, 2.45) is 0 Å². The normalized spacial score (nSPS) is 11.6. The van der Waals surface area contributed by atoms with Crippen LogP contribution in [0.4, 0.5) is 11.4 Å². The summed E-state index contributed by atoms with van der Waals surface area (Å²) in [6.07, 6.45) is 1.97. The largest absolute Gasteiger partial charge is 0.480 e. The van der Waals surface area contributed by atoms with E-state index in [1.807, 2.05) is 11.8 Å². The van der Waals surface area contributed by atoms with E-state index in [4.69, 9.17) is 5.11 Å². The summed E-state index contributed by atoms with van der Waals surface area (Å²) in [7, 11) is 0. The van der Waals surface area contributed by atoms with Gasteiger partial charge in [0.15, 0.2) is 0 Å². The van der Waals surface area contributed by atoms with Crippen LogP contribution in [0.5, 0.6) is 0 Å². The number of nitrogens with one attached hydrogen (secondary N) is 1. The van der Waals surface area contributed by atoms with E-state index in [-0.39, 0.29) is 11.3 Å². The van der Waals surface area contributed by atoms with Gasteiger partial charge in [0.05, 0.1) is 4.92 Å². The van der Waals surface area contributed by atoms with Gasteiger partial charge in [0.25, 0.3) is 11.6 Å². The molecule has 0 bridgehead atoms. The van der Waals surface area contributed by atoms with Crippen molar-refractivity contribution in [3.05, 3.63) is 33.9 Å². The van der Waals surface area contributed by atoms with Gasteiger partial charge in [-0.1, -0.05) is 13.3 Å². The van der Waals surface area contributed by atoms with Crippen molar-refractivity contribution in [1.82, 2.24) is 5.32 Å². The van der Waals surface area contributed by atoms with Crippen molar-refractivity contribution in [2.75, 3.05) is 18.0 Å². The van der Waals surface area contributed by atoms with Gasteiger partial charge in [-0.15, -0.1) is 0 Å². The minimum Gasteiger partial charge on any atom is -0.480 e. The number of nitrogens with zero attached hydrogens (tertiary/aromatic N) is 2. The van der Waals surface area contributed by atoms with Gasteiger partial charge in [0.1, 0.15) is 11.6 Å². The fourth-order valence-corrected chi connectivity index (χ4v) is 2.22. The van der Waals surface area contributed by atoms with Crippen LogP contribution in [-0.4, -0.2) is 41.0 Å². The molecule has 1 aromatic carbocycles. The first kappa shape index (κ1) is 19.4. The molecule has 0 aromatic heterocycles. The average molecular weight is 337 g/mol. The van der Waals surface area contributed by atoms with Crippen molar-refractivity contribution in [3.8, 4) is 0 Å². The molecule has 0 heterocycles. The molecule has 0 radical (unpaired) electrons. The van der Waals surface area contributed by atoms with Gasteiger partial charge >= 0.3 is 5.97 Å². The summed E-state index contributed by atoms with van der Waals surface area (Å²) >= 11 is 0. The molecular weight excluding hydrogens is 314 g/mol. The topological polar surface area (TPSA) is 113 Å². The number of unbranched alkanes of at least 4 members (excludes halogenated alkanes) is 1. The lowest BCUT2D eigenvalue weighted by molar-refractivity contribution is -0.385. The van der Waals surface area contributed by atoms with E-state index < -0.39 is 22.8 Å². The molecule has 0 saturated carbocycles. The molecule has 1 aromatic rings. The highest BCUT2D eigenvalue weighted by Gasteiger charge is 2.24. The van der Waals surface area contributed by atoms with E-state index in [0.717, 1.165) is 19.4 Å². The zero-order chi connectivity index (χ0) is 18.3. The fourth-order valence-electron chi connectivity index (χ4n) is 2.22. The van der Waals surface area contributed by atoms with Crippen molar-refractivity contribution >= 4 is 23.3 Å². The van der Waals surface area contributed by atoms with Gasteiger partial charge in [-0.3, -0.25) is 19.7 Å². The number of nitro groups is 1. The summed E-state index contributed by atoms with van der Waals surface area (Å²) < 4.78 is 0. The van der Waals surface area contributed by atoms with Crippen LogP contribution < -0.4 is 10.2 Å². The maximum Gasteiger partial charge on any atom is 0.325 e. The predicted molar refractivity (Wildman–Crippen MR) is 90.5 cm³/mol. The number of benzene rings is 1.